The lowest BCUT2D eigenvalue weighted by Gasteiger charge is -2.35. The van der Waals surface area contributed by atoms with Crippen LogP contribution in [0.1, 0.15) is 34.8 Å². The van der Waals surface area contributed by atoms with Crippen LogP contribution in [0.15, 0.2) is 53.4 Å². The number of methoxy groups -OCH3 is 1. The molecule has 0 aliphatic carbocycles. The van der Waals surface area contributed by atoms with Gasteiger partial charge in [0.25, 0.3) is 5.91 Å². The van der Waals surface area contributed by atoms with Crippen molar-refractivity contribution < 1.29 is 22.7 Å². The van der Waals surface area contributed by atoms with Gasteiger partial charge in [-0.1, -0.05) is 12.1 Å². The highest BCUT2D eigenvalue weighted by atomic mass is 32.2. The van der Waals surface area contributed by atoms with E-state index in [-0.39, 0.29) is 16.8 Å². The predicted octanol–water partition coefficient (Wildman–Crippen LogP) is 2.28. The minimum Gasteiger partial charge on any atom is -0.497 e. The lowest BCUT2D eigenvalue weighted by Crippen LogP contribution is -2.43. The Morgan fingerprint density at radius 1 is 1.00 bits per heavy atom. The molecule has 2 aliphatic rings. The van der Waals surface area contributed by atoms with E-state index in [1.54, 1.807) is 19.2 Å². The Morgan fingerprint density at radius 3 is 2.24 bits per heavy atom. The number of hydrogen-bond donors (Lipinski definition) is 1. The molecule has 2 saturated heterocycles. The van der Waals surface area contributed by atoms with Crippen molar-refractivity contribution >= 4 is 15.9 Å². The van der Waals surface area contributed by atoms with E-state index in [0.717, 1.165) is 37.2 Å². The van der Waals surface area contributed by atoms with E-state index in [1.165, 1.54) is 16.4 Å². The second kappa shape index (κ2) is 10.6. The molecule has 2 aromatic rings. The van der Waals surface area contributed by atoms with Crippen LogP contribution in [0.5, 0.6) is 5.75 Å². The largest absolute Gasteiger partial charge is 0.497 e. The molecule has 9 heteroatoms. The van der Waals surface area contributed by atoms with Crippen molar-refractivity contribution in [3.8, 4) is 5.75 Å². The number of rotatable bonds is 8. The van der Waals surface area contributed by atoms with Crippen LogP contribution in [-0.2, 0) is 14.8 Å². The first kappa shape index (κ1) is 23.7. The van der Waals surface area contributed by atoms with Gasteiger partial charge in [-0.2, -0.15) is 4.31 Å². The van der Waals surface area contributed by atoms with Gasteiger partial charge in [-0.25, -0.2) is 8.42 Å². The number of morpholine rings is 1. The molecule has 2 fully saturated rings. The van der Waals surface area contributed by atoms with E-state index in [4.69, 9.17) is 9.47 Å². The number of ether oxygens (including phenoxy) is 2. The summed E-state index contributed by atoms with van der Waals surface area (Å²) in [6.07, 6.45) is 1.77. The summed E-state index contributed by atoms with van der Waals surface area (Å²) in [6, 6.07) is 14.1. The third kappa shape index (κ3) is 5.55. The molecule has 0 bridgehead atoms. The van der Waals surface area contributed by atoms with Crippen LogP contribution in [0.3, 0.4) is 0 Å². The van der Waals surface area contributed by atoms with Gasteiger partial charge in [0.2, 0.25) is 10.0 Å². The molecule has 2 heterocycles. The lowest BCUT2D eigenvalue weighted by atomic mass is 10.0. The van der Waals surface area contributed by atoms with Crippen molar-refractivity contribution in [2.24, 2.45) is 0 Å². The summed E-state index contributed by atoms with van der Waals surface area (Å²) in [5.41, 5.74) is 1.52. The molecular formula is C24H31N3O5S. The first-order valence-corrected chi connectivity index (χ1v) is 12.8. The molecular weight excluding hydrogens is 442 g/mol. The molecule has 0 unspecified atom stereocenters. The second-order valence-corrected chi connectivity index (χ2v) is 10.2. The molecule has 4 rings (SSSR count). The van der Waals surface area contributed by atoms with Gasteiger partial charge in [0.1, 0.15) is 5.75 Å². The third-order valence-corrected chi connectivity index (χ3v) is 8.18. The number of hydrogen-bond acceptors (Lipinski definition) is 6. The Morgan fingerprint density at radius 2 is 1.64 bits per heavy atom. The Kier molecular flexibility index (Phi) is 7.64. The van der Waals surface area contributed by atoms with E-state index in [0.29, 0.717) is 38.4 Å². The molecule has 178 valence electrons. The van der Waals surface area contributed by atoms with Gasteiger partial charge in [-0.3, -0.25) is 9.69 Å². The summed E-state index contributed by atoms with van der Waals surface area (Å²) < 4.78 is 37.7. The van der Waals surface area contributed by atoms with Crippen molar-refractivity contribution in [3.05, 3.63) is 59.7 Å². The second-order valence-electron chi connectivity index (χ2n) is 8.28. The van der Waals surface area contributed by atoms with Gasteiger partial charge in [0.15, 0.2) is 0 Å². The summed E-state index contributed by atoms with van der Waals surface area (Å²) in [5, 5.41) is 3.02. The first-order chi connectivity index (χ1) is 16.0. The fourth-order valence-corrected chi connectivity index (χ4v) is 5.84. The van der Waals surface area contributed by atoms with E-state index >= 15 is 0 Å². The van der Waals surface area contributed by atoms with E-state index in [1.807, 2.05) is 24.3 Å². The van der Waals surface area contributed by atoms with Crippen molar-refractivity contribution in [2.45, 2.75) is 23.8 Å². The zero-order chi connectivity index (χ0) is 23.3. The molecule has 8 nitrogen and oxygen atoms in total. The minimum absolute atomic E-state index is 0.00132. The molecule has 1 N–H and O–H groups in total. The van der Waals surface area contributed by atoms with E-state index < -0.39 is 10.0 Å². The normalized spacial score (nSPS) is 18.7. The Balaban J connectivity index is 1.44. The summed E-state index contributed by atoms with van der Waals surface area (Å²) in [7, 11) is -1.86. The molecule has 1 amide bonds. The average molecular weight is 474 g/mol. The number of nitrogens with one attached hydrogen (secondary N) is 1. The topological polar surface area (TPSA) is 88.2 Å². The van der Waals surface area contributed by atoms with Crippen LogP contribution < -0.4 is 10.1 Å². The molecule has 0 spiro atoms. The van der Waals surface area contributed by atoms with Gasteiger partial charge < -0.3 is 14.8 Å². The van der Waals surface area contributed by atoms with Gasteiger partial charge in [-0.15, -0.1) is 0 Å². The summed E-state index contributed by atoms with van der Waals surface area (Å²) in [6.45, 7) is 4.43. The average Bonchev–Trinajstić information content (AvgIpc) is 3.41. The van der Waals surface area contributed by atoms with Crippen LogP contribution in [-0.4, -0.2) is 76.6 Å². The monoisotopic (exact) mass is 473 g/mol. The molecule has 0 radical (unpaired) electrons. The Bertz CT molecular complexity index is 1030. The Labute approximate surface area is 195 Å². The molecule has 2 aliphatic heterocycles. The highest BCUT2D eigenvalue weighted by Gasteiger charge is 2.27. The fraction of sp³-hybridized carbons (Fsp3) is 0.458. The van der Waals surface area contributed by atoms with Crippen molar-refractivity contribution in [3.63, 3.8) is 0 Å². The summed E-state index contributed by atoms with van der Waals surface area (Å²) >= 11 is 0. The zero-order valence-corrected chi connectivity index (χ0v) is 19.7. The number of sulfonamides is 1. The van der Waals surface area contributed by atoms with Crippen LogP contribution in [0.25, 0.3) is 0 Å². The van der Waals surface area contributed by atoms with Crippen LogP contribution in [0.4, 0.5) is 0 Å². The maximum atomic E-state index is 12.8. The SMILES string of the molecule is COc1ccc([C@H](CNC(=O)c2ccc(S(=O)(=O)N3CCCC3)cc2)N2CCOCC2)cc1. The minimum atomic E-state index is -3.49. The third-order valence-electron chi connectivity index (χ3n) is 6.26. The summed E-state index contributed by atoms with van der Waals surface area (Å²) in [5.74, 6) is 0.555. The highest BCUT2D eigenvalue weighted by Crippen LogP contribution is 2.24. The highest BCUT2D eigenvalue weighted by molar-refractivity contribution is 7.89. The first-order valence-electron chi connectivity index (χ1n) is 11.3. The lowest BCUT2D eigenvalue weighted by molar-refractivity contribution is 0.0162. The van der Waals surface area contributed by atoms with Gasteiger partial charge >= 0.3 is 0 Å². The quantitative estimate of drug-likeness (QED) is 0.633. The number of carbonyl (C=O) groups is 1. The maximum Gasteiger partial charge on any atom is 0.251 e. The standard InChI is InChI=1S/C24H31N3O5S/c1-31-21-8-4-19(5-9-21)23(26-14-16-32-17-15-26)18-25-24(28)20-6-10-22(11-7-20)33(29,30)27-12-2-3-13-27/h4-11,23H,2-3,12-18H2,1H3,(H,25,28)/t23-/m0/s1. The number of amides is 1. The number of benzene rings is 2. The predicted molar refractivity (Wildman–Crippen MR) is 125 cm³/mol. The molecule has 2 aromatic carbocycles. The Hall–Kier alpha value is -2.46. The molecule has 33 heavy (non-hydrogen) atoms. The van der Waals surface area contributed by atoms with Crippen molar-refractivity contribution in [2.75, 3.05) is 53.0 Å². The number of nitrogens with zero attached hydrogens (tertiary/aromatic N) is 2. The van der Waals surface area contributed by atoms with Gasteiger partial charge in [0, 0.05) is 38.3 Å². The van der Waals surface area contributed by atoms with Crippen molar-refractivity contribution in [1.82, 2.24) is 14.5 Å². The summed E-state index contributed by atoms with van der Waals surface area (Å²) in [4.78, 5) is 15.4. The molecule has 0 aromatic heterocycles. The number of carbonyl (C=O) groups excluding carboxylic acids is 1. The smallest absolute Gasteiger partial charge is 0.251 e. The maximum absolute atomic E-state index is 12.8. The van der Waals surface area contributed by atoms with E-state index in [2.05, 4.69) is 10.2 Å². The molecule has 1 atom stereocenters. The fourth-order valence-electron chi connectivity index (χ4n) is 4.32. The van der Waals surface area contributed by atoms with E-state index in [9.17, 15) is 13.2 Å². The van der Waals surface area contributed by atoms with Gasteiger partial charge in [-0.05, 0) is 54.8 Å². The van der Waals surface area contributed by atoms with Crippen molar-refractivity contribution in [1.29, 1.82) is 0 Å². The van der Waals surface area contributed by atoms with Crippen LogP contribution >= 0.6 is 0 Å². The zero-order valence-electron chi connectivity index (χ0n) is 18.9. The van der Waals surface area contributed by atoms with Gasteiger partial charge in [0.05, 0.1) is 31.3 Å². The molecule has 0 saturated carbocycles. The van der Waals surface area contributed by atoms with Crippen LogP contribution in [0, 0.1) is 0 Å². The van der Waals surface area contributed by atoms with Crippen LogP contribution in [0.2, 0.25) is 0 Å².